The number of carboxylic acid groups (broad SMARTS) is 1. The van der Waals surface area contributed by atoms with Crippen molar-refractivity contribution in [2.24, 2.45) is 11.8 Å². The van der Waals surface area contributed by atoms with Crippen molar-refractivity contribution in [3.8, 4) is 0 Å². The fourth-order valence-electron chi connectivity index (χ4n) is 4.59. The summed E-state index contributed by atoms with van der Waals surface area (Å²) < 4.78 is 16.7. The maximum absolute atomic E-state index is 12.1. The van der Waals surface area contributed by atoms with E-state index in [1.54, 1.807) is 13.8 Å². The first-order chi connectivity index (χ1) is 16.6. The van der Waals surface area contributed by atoms with Gasteiger partial charge in [-0.05, 0) is 39.5 Å². The van der Waals surface area contributed by atoms with Gasteiger partial charge in [0.05, 0.1) is 43.7 Å². The second kappa shape index (κ2) is 16.6. The molecule has 2 rings (SSSR count). The second-order valence-corrected chi connectivity index (χ2v) is 10.2. The normalized spacial score (nSPS) is 29.7. The maximum Gasteiger partial charge on any atom is 0.330 e. The number of halogens is 1. The zero-order valence-electron chi connectivity index (χ0n) is 21.7. The minimum absolute atomic E-state index is 0. The molecule has 2 aliphatic heterocycles. The fraction of sp³-hybridized carbons (Fsp3) is 0.846. The highest BCUT2D eigenvalue weighted by atomic mass is 35.5. The van der Waals surface area contributed by atoms with Crippen molar-refractivity contribution < 1.29 is 44.2 Å². The number of rotatable bonds is 16. The van der Waals surface area contributed by atoms with Crippen LogP contribution >= 0.6 is 12.4 Å². The first-order valence-electron chi connectivity index (χ1n) is 13.0. The van der Waals surface area contributed by atoms with Gasteiger partial charge in [-0.1, -0.05) is 38.2 Å². The predicted molar refractivity (Wildman–Crippen MR) is 136 cm³/mol. The lowest BCUT2D eigenvalue weighted by Crippen LogP contribution is -2.50. The molecule has 0 unspecified atom stereocenters. The van der Waals surface area contributed by atoms with E-state index < -0.39 is 36.4 Å². The monoisotopic (exact) mass is 536 g/mol. The van der Waals surface area contributed by atoms with Crippen molar-refractivity contribution >= 4 is 24.3 Å². The van der Waals surface area contributed by atoms with Gasteiger partial charge in [0, 0.05) is 24.3 Å². The van der Waals surface area contributed by atoms with Crippen LogP contribution in [0.1, 0.15) is 78.6 Å². The van der Waals surface area contributed by atoms with Crippen LogP contribution < -0.4 is 0 Å². The second-order valence-electron chi connectivity index (χ2n) is 10.2. The van der Waals surface area contributed by atoms with Gasteiger partial charge in [0.15, 0.2) is 0 Å². The van der Waals surface area contributed by atoms with Gasteiger partial charge in [-0.3, -0.25) is 4.79 Å². The maximum atomic E-state index is 12.1. The van der Waals surface area contributed by atoms with Crippen LogP contribution in [0.2, 0.25) is 0 Å². The molecule has 2 fully saturated rings. The van der Waals surface area contributed by atoms with Crippen LogP contribution in [-0.4, -0.2) is 82.2 Å². The van der Waals surface area contributed by atoms with Crippen molar-refractivity contribution in [1.82, 2.24) is 0 Å². The Morgan fingerprint density at radius 3 is 2.31 bits per heavy atom. The Hall–Kier alpha value is -1.23. The SMILES string of the molecule is C/C(=C\C(=O)OCCCCCCCCC(=O)O)C[C@@H]1OC[C@H](C[C@@H]2O[C@H]2[C@@H](C)[C@H](C)O)[C@@H](O)[C@H]1O.Cl. The van der Waals surface area contributed by atoms with E-state index in [1.807, 2.05) is 6.92 Å². The molecule has 0 amide bonds. The molecule has 8 atom stereocenters. The van der Waals surface area contributed by atoms with Crippen molar-refractivity contribution in [2.75, 3.05) is 13.2 Å². The van der Waals surface area contributed by atoms with Gasteiger partial charge >= 0.3 is 11.9 Å². The number of epoxide rings is 1. The Bertz CT molecular complexity index is 699. The number of carbonyl (C=O) groups is 2. The molecule has 10 heteroatoms. The molecule has 0 aromatic heterocycles. The van der Waals surface area contributed by atoms with Gasteiger partial charge < -0.3 is 34.6 Å². The summed E-state index contributed by atoms with van der Waals surface area (Å²) in [5.74, 6) is -1.42. The van der Waals surface area contributed by atoms with Gasteiger partial charge in [0.25, 0.3) is 0 Å². The molecule has 9 nitrogen and oxygen atoms in total. The molecule has 0 radical (unpaired) electrons. The minimum Gasteiger partial charge on any atom is -0.481 e. The highest BCUT2D eigenvalue weighted by molar-refractivity contribution is 5.85. The van der Waals surface area contributed by atoms with Gasteiger partial charge in [-0.25, -0.2) is 4.79 Å². The standard InChI is InChI=1S/C26H44O9.ClH/c1-16(13-23(30)33-11-9-7-5-4-6-8-10-22(28)29)12-20-25(32)24(31)19(15-34-20)14-21-26(35-21)17(2)18(3)27;/h13,17-21,24-27,31-32H,4-12,14-15H2,1-3H3,(H,28,29);1H/b16-13+;/t17-,18-,19-,20-,21-,24+,25-,26-;/m0./s1. The van der Waals surface area contributed by atoms with Crippen LogP contribution in [0.15, 0.2) is 11.6 Å². The number of aliphatic hydroxyl groups is 3. The molecule has 0 aromatic rings. The van der Waals surface area contributed by atoms with Gasteiger partial charge in [0.2, 0.25) is 0 Å². The molecule has 36 heavy (non-hydrogen) atoms. The van der Waals surface area contributed by atoms with Crippen LogP contribution in [-0.2, 0) is 23.8 Å². The zero-order chi connectivity index (χ0) is 26.0. The van der Waals surface area contributed by atoms with Gasteiger partial charge in [0.1, 0.15) is 6.10 Å². The summed E-state index contributed by atoms with van der Waals surface area (Å²) in [7, 11) is 0. The predicted octanol–water partition coefficient (Wildman–Crippen LogP) is 3.01. The Balaban J connectivity index is 0.00000648. The Labute approximate surface area is 220 Å². The average Bonchev–Trinajstić information content (AvgIpc) is 3.55. The van der Waals surface area contributed by atoms with Gasteiger partial charge in [-0.2, -0.15) is 0 Å². The quantitative estimate of drug-likeness (QED) is 0.101. The summed E-state index contributed by atoms with van der Waals surface area (Å²) in [5, 5.41) is 39.5. The fourth-order valence-corrected chi connectivity index (χ4v) is 4.59. The number of esters is 1. The molecule has 2 heterocycles. The van der Waals surface area contributed by atoms with Crippen molar-refractivity contribution in [3.63, 3.8) is 0 Å². The Morgan fingerprint density at radius 1 is 1.03 bits per heavy atom. The average molecular weight is 537 g/mol. The number of carboxylic acids is 1. The Kier molecular flexibility index (Phi) is 15.1. The van der Waals surface area contributed by atoms with E-state index >= 15 is 0 Å². The summed E-state index contributed by atoms with van der Waals surface area (Å²) in [5.41, 5.74) is 0.708. The van der Waals surface area contributed by atoms with E-state index in [-0.39, 0.29) is 42.9 Å². The molecule has 4 N–H and O–H groups in total. The molecule has 2 saturated heterocycles. The molecule has 0 spiro atoms. The number of aliphatic hydroxyl groups excluding tert-OH is 3. The number of unbranched alkanes of at least 4 members (excludes halogenated alkanes) is 5. The lowest BCUT2D eigenvalue weighted by Gasteiger charge is -2.38. The molecule has 2 aliphatic rings. The van der Waals surface area contributed by atoms with Crippen LogP contribution in [0.5, 0.6) is 0 Å². The number of carbonyl (C=O) groups excluding carboxylic acids is 1. The summed E-state index contributed by atoms with van der Waals surface area (Å²) >= 11 is 0. The summed E-state index contributed by atoms with van der Waals surface area (Å²) in [6, 6.07) is 0. The third-order valence-corrected chi connectivity index (χ3v) is 7.09. The number of hydrogen-bond acceptors (Lipinski definition) is 8. The van der Waals surface area contributed by atoms with Gasteiger partial charge in [-0.15, -0.1) is 12.4 Å². The molecule has 0 aromatic carbocycles. The van der Waals surface area contributed by atoms with E-state index in [9.17, 15) is 24.9 Å². The zero-order valence-corrected chi connectivity index (χ0v) is 22.5. The smallest absolute Gasteiger partial charge is 0.330 e. The molecule has 210 valence electrons. The van der Waals surface area contributed by atoms with Crippen molar-refractivity contribution in [3.05, 3.63) is 11.6 Å². The van der Waals surface area contributed by atoms with Crippen LogP contribution in [0.3, 0.4) is 0 Å². The van der Waals surface area contributed by atoms with E-state index in [0.29, 0.717) is 38.0 Å². The van der Waals surface area contributed by atoms with Crippen LogP contribution in [0, 0.1) is 11.8 Å². The Morgan fingerprint density at radius 2 is 1.67 bits per heavy atom. The van der Waals surface area contributed by atoms with E-state index in [2.05, 4.69) is 0 Å². The molecule has 0 bridgehead atoms. The molecular formula is C26H45ClO9. The third kappa shape index (κ3) is 11.4. The lowest BCUT2D eigenvalue weighted by molar-refractivity contribution is -0.165. The largest absolute Gasteiger partial charge is 0.481 e. The molecular weight excluding hydrogens is 492 g/mol. The topological polar surface area (TPSA) is 146 Å². The van der Waals surface area contributed by atoms with E-state index in [1.165, 1.54) is 6.08 Å². The van der Waals surface area contributed by atoms with E-state index in [4.69, 9.17) is 19.3 Å². The molecule has 0 saturated carbocycles. The first kappa shape index (κ1) is 32.8. The summed E-state index contributed by atoms with van der Waals surface area (Å²) in [6.45, 7) is 6.07. The highest BCUT2D eigenvalue weighted by Crippen LogP contribution is 2.38. The molecule has 0 aliphatic carbocycles. The summed E-state index contributed by atoms with van der Waals surface area (Å²) in [6.07, 6.45) is 4.61. The van der Waals surface area contributed by atoms with Crippen LogP contribution in [0.4, 0.5) is 0 Å². The first-order valence-corrected chi connectivity index (χ1v) is 13.0. The number of ether oxygens (including phenoxy) is 3. The summed E-state index contributed by atoms with van der Waals surface area (Å²) in [4.78, 5) is 22.5. The third-order valence-electron chi connectivity index (χ3n) is 7.09. The highest BCUT2D eigenvalue weighted by Gasteiger charge is 2.48. The van der Waals surface area contributed by atoms with Crippen LogP contribution in [0.25, 0.3) is 0 Å². The number of aliphatic carboxylic acids is 1. The lowest BCUT2D eigenvalue weighted by atomic mass is 9.85. The van der Waals surface area contributed by atoms with Crippen molar-refractivity contribution in [1.29, 1.82) is 0 Å². The number of hydrogen-bond donors (Lipinski definition) is 4. The minimum atomic E-state index is -1.06. The van der Waals surface area contributed by atoms with E-state index in [0.717, 1.165) is 32.1 Å². The van der Waals surface area contributed by atoms with Crippen molar-refractivity contribution in [2.45, 2.75) is 115 Å².